The first kappa shape index (κ1) is 14.2. The van der Waals surface area contributed by atoms with E-state index in [1.807, 2.05) is 30.3 Å². The fourth-order valence-electron chi connectivity index (χ4n) is 1.74. The summed E-state index contributed by atoms with van der Waals surface area (Å²) in [6, 6.07) is 10.8. The molecule has 1 aromatic heterocycles. The number of anilines is 1. The second-order valence-electron chi connectivity index (χ2n) is 3.92. The summed E-state index contributed by atoms with van der Waals surface area (Å²) in [6.07, 6.45) is 2.08. The summed E-state index contributed by atoms with van der Waals surface area (Å²) in [4.78, 5) is 13.1. The van der Waals surface area contributed by atoms with Gasteiger partial charge < -0.3 is 9.15 Å². The van der Waals surface area contributed by atoms with Gasteiger partial charge in [-0.05, 0) is 34.1 Å². The van der Waals surface area contributed by atoms with Gasteiger partial charge >= 0.3 is 5.97 Å². The molecular weight excluding hydrogens is 324 g/mol. The van der Waals surface area contributed by atoms with Crippen LogP contribution in [-0.4, -0.2) is 13.1 Å². The SMILES string of the molecule is COC(=O)c1oc(Br)cc1CN(C#N)c1ccccc1. The van der Waals surface area contributed by atoms with Gasteiger partial charge in [-0.3, -0.25) is 4.90 Å². The zero-order chi connectivity index (χ0) is 14.5. The Labute approximate surface area is 124 Å². The van der Waals surface area contributed by atoms with Crippen LogP contribution in [0.4, 0.5) is 5.69 Å². The van der Waals surface area contributed by atoms with E-state index in [2.05, 4.69) is 26.9 Å². The minimum Gasteiger partial charge on any atom is -0.463 e. The molecule has 0 saturated carbocycles. The largest absolute Gasteiger partial charge is 0.463 e. The average Bonchev–Trinajstić information content (AvgIpc) is 2.85. The summed E-state index contributed by atoms with van der Waals surface area (Å²) in [5, 5.41) is 9.25. The highest BCUT2D eigenvalue weighted by Crippen LogP contribution is 2.24. The number of nitrogens with zero attached hydrogens (tertiary/aromatic N) is 2. The standard InChI is InChI=1S/C14H11BrN2O3/c1-19-14(18)13-10(7-12(15)20-13)8-17(9-16)11-5-3-2-4-6-11/h2-7H,8H2,1H3. The molecule has 0 N–H and O–H groups in total. The Balaban J connectivity index is 2.29. The Morgan fingerprint density at radius 3 is 2.75 bits per heavy atom. The van der Waals surface area contributed by atoms with Crippen molar-refractivity contribution in [2.24, 2.45) is 0 Å². The number of ether oxygens (including phenoxy) is 1. The van der Waals surface area contributed by atoms with Gasteiger partial charge in [-0.1, -0.05) is 18.2 Å². The van der Waals surface area contributed by atoms with E-state index in [4.69, 9.17) is 4.42 Å². The Kier molecular flexibility index (Phi) is 4.43. The van der Waals surface area contributed by atoms with E-state index in [1.54, 1.807) is 6.07 Å². The summed E-state index contributed by atoms with van der Waals surface area (Å²) in [7, 11) is 1.28. The minimum atomic E-state index is -0.573. The van der Waals surface area contributed by atoms with Gasteiger partial charge in [0, 0.05) is 5.56 Å². The number of esters is 1. The predicted octanol–water partition coefficient (Wildman–Crippen LogP) is 3.32. The van der Waals surface area contributed by atoms with Crippen LogP contribution in [0.15, 0.2) is 45.5 Å². The number of furan rings is 1. The second-order valence-corrected chi connectivity index (χ2v) is 4.70. The molecule has 0 amide bonds. The van der Waals surface area contributed by atoms with Crippen LogP contribution < -0.4 is 4.90 Å². The van der Waals surface area contributed by atoms with Crippen LogP contribution in [0, 0.1) is 11.5 Å². The van der Waals surface area contributed by atoms with Crippen molar-refractivity contribution in [3.05, 3.63) is 52.4 Å². The highest BCUT2D eigenvalue weighted by Gasteiger charge is 2.20. The van der Waals surface area contributed by atoms with Gasteiger partial charge in [-0.2, -0.15) is 5.26 Å². The molecule has 1 aromatic carbocycles. The molecule has 2 rings (SSSR count). The molecule has 0 unspecified atom stereocenters. The molecule has 0 atom stereocenters. The third-order valence-electron chi connectivity index (χ3n) is 2.67. The van der Waals surface area contributed by atoms with E-state index < -0.39 is 5.97 Å². The Morgan fingerprint density at radius 1 is 1.45 bits per heavy atom. The molecule has 1 heterocycles. The number of halogens is 1. The van der Waals surface area contributed by atoms with Gasteiger partial charge in [-0.15, -0.1) is 0 Å². The van der Waals surface area contributed by atoms with Crippen molar-refractivity contribution in [1.29, 1.82) is 5.26 Å². The number of carbonyl (C=O) groups is 1. The molecule has 0 fully saturated rings. The highest BCUT2D eigenvalue weighted by atomic mass is 79.9. The number of nitriles is 1. The van der Waals surface area contributed by atoms with Crippen LogP contribution >= 0.6 is 15.9 Å². The van der Waals surface area contributed by atoms with E-state index in [9.17, 15) is 10.1 Å². The van der Waals surface area contributed by atoms with E-state index in [1.165, 1.54) is 12.0 Å². The fourth-order valence-corrected chi connectivity index (χ4v) is 2.18. The summed E-state index contributed by atoms with van der Waals surface area (Å²) in [6.45, 7) is 0.222. The van der Waals surface area contributed by atoms with Crippen LogP contribution in [0.25, 0.3) is 0 Å². The lowest BCUT2D eigenvalue weighted by atomic mass is 10.2. The number of hydrogen-bond donors (Lipinski definition) is 0. The molecule has 5 nitrogen and oxygen atoms in total. The van der Waals surface area contributed by atoms with Crippen molar-refractivity contribution in [2.45, 2.75) is 6.54 Å². The van der Waals surface area contributed by atoms with Crippen LogP contribution in [0.1, 0.15) is 16.1 Å². The number of methoxy groups -OCH3 is 1. The molecule has 2 aromatic rings. The van der Waals surface area contributed by atoms with Gasteiger partial charge in [0.05, 0.1) is 19.3 Å². The number of hydrogen-bond acceptors (Lipinski definition) is 5. The van der Waals surface area contributed by atoms with Crippen LogP contribution in [-0.2, 0) is 11.3 Å². The summed E-state index contributed by atoms with van der Waals surface area (Å²) >= 11 is 3.17. The second kappa shape index (κ2) is 6.26. The van der Waals surface area contributed by atoms with E-state index in [-0.39, 0.29) is 12.3 Å². The lowest BCUT2D eigenvalue weighted by molar-refractivity contribution is 0.0562. The maximum atomic E-state index is 11.6. The quantitative estimate of drug-likeness (QED) is 0.487. The lowest BCUT2D eigenvalue weighted by Crippen LogP contribution is -2.17. The van der Waals surface area contributed by atoms with Crippen molar-refractivity contribution >= 4 is 27.6 Å². The molecule has 0 aliphatic rings. The number of para-hydroxylation sites is 1. The molecule has 0 radical (unpaired) electrons. The maximum absolute atomic E-state index is 11.6. The van der Waals surface area contributed by atoms with Crippen molar-refractivity contribution in [1.82, 2.24) is 0 Å². The molecule has 0 saturated heterocycles. The van der Waals surface area contributed by atoms with Gasteiger partial charge in [-0.25, -0.2) is 4.79 Å². The third-order valence-corrected chi connectivity index (χ3v) is 3.06. The molecule has 0 spiro atoms. The monoisotopic (exact) mass is 334 g/mol. The first-order valence-electron chi connectivity index (χ1n) is 5.74. The summed E-state index contributed by atoms with van der Waals surface area (Å²) < 4.78 is 10.3. The minimum absolute atomic E-state index is 0.0931. The van der Waals surface area contributed by atoms with Crippen LogP contribution in [0.3, 0.4) is 0 Å². The average molecular weight is 335 g/mol. The number of benzene rings is 1. The molecule has 20 heavy (non-hydrogen) atoms. The predicted molar refractivity (Wildman–Crippen MR) is 76.0 cm³/mol. The maximum Gasteiger partial charge on any atom is 0.374 e. The molecule has 0 aliphatic heterocycles. The lowest BCUT2D eigenvalue weighted by Gasteiger charge is -2.14. The first-order chi connectivity index (χ1) is 9.65. The number of carbonyl (C=O) groups excluding carboxylic acids is 1. The van der Waals surface area contributed by atoms with Crippen molar-refractivity contribution in [2.75, 3.05) is 12.0 Å². The highest BCUT2D eigenvalue weighted by molar-refractivity contribution is 9.10. The van der Waals surface area contributed by atoms with Crippen molar-refractivity contribution in [3.8, 4) is 6.19 Å². The van der Waals surface area contributed by atoms with E-state index >= 15 is 0 Å². The zero-order valence-electron chi connectivity index (χ0n) is 10.7. The van der Waals surface area contributed by atoms with Gasteiger partial charge in [0.25, 0.3) is 0 Å². The van der Waals surface area contributed by atoms with Crippen LogP contribution in [0.2, 0.25) is 0 Å². The molecule has 6 heteroatoms. The van der Waals surface area contributed by atoms with Gasteiger partial charge in [0.15, 0.2) is 10.9 Å². The normalized spacial score (nSPS) is 9.85. The van der Waals surface area contributed by atoms with E-state index in [0.717, 1.165) is 5.69 Å². The Hall–Kier alpha value is -2.26. The Bertz CT molecular complexity index is 646. The zero-order valence-corrected chi connectivity index (χ0v) is 12.3. The smallest absolute Gasteiger partial charge is 0.374 e. The summed E-state index contributed by atoms with van der Waals surface area (Å²) in [5.74, 6) is -0.479. The number of rotatable bonds is 4. The molecular formula is C14H11BrN2O3. The fraction of sp³-hybridized carbons (Fsp3) is 0.143. The third kappa shape index (κ3) is 3.00. The van der Waals surface area contributed by atoms with Crippen molar-refractivity contribution < 1.29 is 13.9 Å². The molecule has 0 bridgehead atoms. The van der Waals surface area contributed by atoms with Crippen molar-refractivity contribution in [3.63, 3.8) is 0 Å². The Morgan fingerprint density at radius 2 is 2.15 bits per heavy atom. The summed E-state index contributed by atoms with van der Waals surface area (Å²) in [5.41, 5.74) is 1.32. The first-order valence-corrected chi connectivity index (χ1v) is 6.54. The van der Waals surface area contributed by atoms with Crippen LogP contribution in [0.5, 0.6) is 0 Å². The molecule has 102 valence electrons. The van der Waals surface area contributed by atoms with Gasteiger partial charge in [0.1, 0.15) is 0 Å². The van der Waals surface area contributed by atoms with Gasteiger partial charge in [0.2, 0.25) is 5.76 Å². The van der Waals surface area contributed by atoms with E-state index in [0.29, 0.717) is 10.2 Å². The topological polar surface area (TPSA) is 66.5 Å². The molecule has 0 aliphatic carbocycles.